The number of carbonyl (C=O) groups excluding carboxylic acids is 2. The van der Waals surface area contributed by atoms with Crippen molar-refractivity contribution in [3.05, 3.63) is 41.1 Å². The topological polar surface area (TPSA) is 55.8 Å². The number of likely N-dealkylation sites (tertiary alicyclic amines) is 1. The first-order valence-electron chi connectivity index (χ1n) is 8.29. The highest BCUT2D eigenvalue weighted by atomic mass is 16.5. The lowest BCUT2D eigenvalue weighted by Gasteiger charge is -2.20. The summed E-state index contributed by atoms with van der Waals surface area (Å²) in [5, 5.41) is 0. The van der Waals surface area contributed by atoms with Gasteiger partial charge in [-0.15, -0.1) is 0 Å². The van der Waals surface area contributed by atoms with Gasteiger partial charge in [-0.05, 0) is 37.8 Å². The van der Waals surface area contributed by atoms with Crippen molar-refractivity contribution in [1.82, 2.24) is 4.90 Å². The molecule has 0 bridgehead atoms. The molecular formula is C19H25NO4. The number of allylic oxidation sites excluding steroid dienone is 2. The average Bonchev–Trinajstić information content (AvgIpc) is 2.98. The maximum Gasteiger partial charge on any atom is 0.302 e. The van der Waals surface area contributed by atoms with Crippen LogP contribution in [-0.4, -0.2) is 43.5 Å². The first kappa shape index (κ1) is 18.0. The van der Waals surface area contributed by atoms with Gasteiger partial charge in [0, 0.05) is 31.8 Å². The molecule has 1 aromatic rings. The number of methoxy groups -OCH3 is 1. The molecule has 0 N–H and O–H groups in total. The summed E-state index contributed by atoms with van der Waals surface area (Å²) in [6, 6.07) is 5.61. The summed E-state index contributed by atoms with van der Waals surface area (Å²) in [5.74, 6) is 0.331. The van der Waals surface area contributed by atoms with Crippen LogP contribution in [0, 0.1) is 6.92 Å². The number of esters is 1. The predicted molar refractivity (Wildman–Crippen MR) is 92.2 cm³/mol. The highest BCUT2D eigenvalue weighted by Crippen LogP contribution is 2.26. The van der Waals surface area contributed by atoms with E-state index in [9.17, 15) is 9.59 Å². The van der Waals surface area contributed by atoms with Crippen molar-refractivity contribution < 1.29 is 19.1 Å². The van der Waals surface area contributed by atoms with Crippen molar-refractivity contribution in [2.24, 2.45) is 0 Å². The van der Waals surface area contributed by atoms with Crippen LogP contribution in [0.2, 0.25) is 0 Å². The highest BCUT2D eigenvalue weighted by Gasteiger charge is 2.20. The van der Waals surface area contributed by atoms with Crippen molar-refractivity contribution >= 4 is 11.8 Å². The Morgan fingerprint density at radius 3 is 2.83 bits per heavy atom. The van der Waals surface area contributed by atoms with E-state index in [1.807, 2.05) is 25.1 Å². The van der Waals surface area contributed by atoms with Crippen LogP contribution in [0.5, 0.6) is 5.75 Å². The normalized spacial score (nSPS) is 15.6. The zero-order valence-electron chi connectivity index (χ0n) is 14.6. The molecule has 1 fully saturated rings. The van der Waals surface area contributed by atoms with Gasteiger partial charge in [0.25, 0.3) is 0 Å². The number of aryl methyl sites for hydroxylation is 1. The summed E-state index contributed by atoms with van der Waals surface area (Å²) >= 11 is 0. The predicted octanol–water partition coefficient (Wildman–Crippen LogP) is 3.12. The zero-order valence-corrected chi connectivity index (χ0v) is 14.6. The number of ketones is 1. The minimum atomic E-state index is -0.256. The molecule has 130 valence electrons. The molecule has 1 saturated heterocycles. The third-order valence-electron chi connectivity index (χ3n) is 4.14. The minimum absolute atomic E-state index is 0.0214. The van der Waals surface area contributed by atoms with Crippen LogP contribution in [0.3, 0.4) is 0 Å². The smallest absolute Gasteiger partial charge is 0.302 e. The monoisotopic (exact) mass is 331 g/mol. The van der Waals surface area contributed by atoms with Crippen LogP contribution < -0.4 is 4.74 Å². The van der Waals surface area contributed by atoms with Gasteiger partial charge in [-0.3, -0.25) is 9.59 Å². The van der Waals surface area contributed by atoms with E-state index in [0.717, 1.165) is 43.6 Å². The lowest BCUT2D eigenvalue weighted by atomic mass is 10.0. The van der Waals surface area contributed by atoms with Crippen LogP contribution in [-0.2, 0) is 9.53 Å². The van der Waals surface area contributed by atoms with Crippen molar-refractivity contribution in [1.29, 1.82) is 0 Å². The highest BCUT2D eigenvalue weighted by molar-refractivity contribution is 6.08. The largest absolute Gasteiger partial charge is 0.496 e. The van der Waals surface area contributed by atoms with Crippen LogP contribution in [0.4, 0.5) is 0 Å². The molecule has 0 radical (unpaired) electrons. The van der Waals surface area contributed by atoms with Crippen molar-refractivity contribution in [2.45, 2.75) is 33.1 Å². The number of hydrogen-bond donors (Lipinski definition) is 0. The quantitative estimate of drug-likeness (QED) is 0.332. The summed E-state index contributed by atoms with van der Waals surface area (Å²) in [7, 11) is 1.58. The number of hydrogen-bond acceptors (Lipinski definition) is 5. The number of benzene rings is 1. The van der Waals surface area contributed by atoms with Gasteiger partial charge < -0.3 is 14.4 Å². The van der Waals surface area contributed by atoms with Crippen LogP contribution >= 0.6 is 0 Å². The summed E-state index contributed by atoms with van der Waals surface area (Å²) in [6.45, 7) is 5.47. The molecule has 0 aliphatic carbocycles. The molecule has 5 heteroatoms. The molecule has 1 aromatic carbocycles. The summed E-state index contributed by atoms with van der Waals surface area (Å²) in [6.07, 6.45) is 4.42. The molecule has 1 heterocycles. The van der Waals surface area contributed by atoms with Gasteiger partial charge in [0.05, 0.1) is 19.3 Å². The maximum absolute atomic E-state index is 12.7. The second-order valence-electron chi connectivity index (χ2n) is 5.94. The molecule has 0 aromatic heterocycles. The molecule has 1 aliphatic heterocycles. The third-order valence-corrected chi connectivity index (χ3v) is 4.14. The van der Waals surface area contributed by atoms with E-state index in [-0.39, 0.29) is 11.8 Å². The van der Waals surface area contributed by atoms with Gasteiger partial charge in [-0.2, -0.15) is 0 Å². The molecule has 5 nitrogen and oxygen atoms in total. The van der Waals surface area contributed by atoms with Crippen LogP contribution in [0.15, 0.2) is 30.0 Å². The van der Waals surface area contributed by atoms with E-state index in [1.54, 1.807) is 13.2 Å². The lowest BCUT2D eigenvalue weighted by Crippen LogP contribution is -2.21. The van der Waals surface area contributed by atoms with Crippen molar-refractivity contribution in [3.8, 4) is 5.75 Å². The van der Waals surface area contributed by atoms with E-state index < -0.39 is 0 Å². The minimum Gasteiger partial charge on any atom is -0.496 e. The third kappa shape index (κ3) is 4.60. The molecule has 1 aliphatic rings. The average molecular weight is 331 g/mol. The van der Waals surface area contributed by atoms with Gasteiger partial charge in [-0.1, -0.05) is 12.1 Å². The summed E-state index contributed by atoms with van der Waals surface area (Å²) in [4.78, 5) is 25.7. The first-order chi connectivity index (χ1) is 11.5. The molecule has 0 atom stereocenters. The van der Waals surface area contributed by atoms with E-state index in [1.165, 1.54) is 6.92 Å². The lowest BCUT2D eigenvalue weighted by molar-refractivity contribution is -0.141. The molecule has 0 unspecified atom stereocenters. The number of carbonyl (C=O) groups is 2. The van der Waals surface area contributed by atoms with Crippen LogP contribution in [0.25, 0.3) is 0 Å². The van der Waals surface area contributed by atoms with Crippen molar-refractivity contribution in [3.63, 3.8) is 0 Å². The SMILES string of the molecule is COc1cccc(C)c1C(=O)/C=C1\CCCN1CCCOC(C)=O. The second-order valence-corrected chi connectivity index (χ2v) is 5.94. The summed E-state index contributed by atoms with van der Waals surface area (Å²) < 4.78 is 10.3. The Labute approximate surface area is 143 Å². The Balaban J connectivity index is 2.06. The maximum atomic E-state index is 12.7. The Morgan fingerprint density at radius 1 is 1.33 bits per heavy atom. The molecule has 0 saturated carbocycles. The second kappa shape index (κ2) is 8.52. The Hall–Kier alpha value is -2.30. The van der Waals surface area contributed by atoms with Gasteiger partial charge in [0.1, 0.15) is 5.75 Å². The standard InChI is InChI=1S/C19H25NO4/c1-14-7-4-9-18(23-3)19(14)17(22)13-16-8-5-10-20(16)11-6-12-24-15(2)21/h4,7,9,13H,5-6,8,10-12H2,1-3H3/b16-13+. The zero-order chi connectivity index (χ0) is 17.5. The Bertz CT molecular complexity index is 636. The van der Waals surface area contributed by atoms with E-state index in [4.69, 9.17) is 9.47 Å². The number of ether oxygens (including phenoxy) is 2. The van der Waals surface area contributed by atoms with E-state index in [2.05, 4.69) is 4.90 Å². The Morgan fingerprint density at radius 2 is 2.12 bits per heavy atom. The molecule has 2 rings (SSSR count). The van der Waals surface area contributed by atoms with Crippen LogP contribution in [0.1, 0.15) is 42.1 Å². The number of nitrogens with zero attached hydrogens (tertiary/aromatic N) is 1. The van der Waals surface area contributed by atoms with Gasteiger partial charge in [0.15, 0.2) is 5.78 Å². The van der Waals surface area contributed by atoms with E-state index in [0.29, 0.717) is 17.9 Å². The van der Waals surface area contributed by atoms with Gasteiger partial charge in [0.2, 0.25) is 0 Å². The molecule has 0 spiro atoms. The molecular weight excluding hydrogens is 306 g/mol. The molecule has 0 amide bonds. The van der Waals surface area contributed by atoms with Crippen molar-refractivity contribution in [2.75, 3.05) is 26.8 Å². The van der Waals surface area contributed by atoms with E-state index >= 15 is 0 Å². The fraction of sp³-hybridized carbons (Fsp3) is 0.474. The molecule has 24 heavy (non-hydrogen) atoms. The first-order valence-corrected chi connectivity index (χ1v) is 8.29. The fourth-order valence-corrected chi connectivity index (χ4v) is 2.99. The van der Waals surface area contributed by atoms with Gasteiger partial charge in [-0.25, -0.2) is 0 Å². The Kier molecular flexibility index (Phi) is 6.41. The number of rotatable bonds is 7. The van der Waals surface area contributed by atoms with Gasteiger partial charge >= 0.3 is 5.97 Å². The summed E-state index contributed by atoms with van der Waals surface area (Å²) in [5.41, 5.74) is 2.59. The fourth-order valence-electron chi connectivity index (χ4n) is 2.99.